The van der Waals surface area contributed by atoms with Gasteiger partial charge >= 0.3 is 0 Å². The molecule has 1 aliphatic carbocycles. The van der Waals surface area contributed by atoms with E-state index in [1.807, 2.05) is 25.7 Å². The van der Waals surface area contributed by atoms with Gasteiger partial charge < -0.3 is 10.2 Å². The van der Waals surface area contributed by atoms with Crippen LogP contribution in [0.2, 0.25) is 0 Å². The number of piperazine rings is 1. The molecule has 1 saturated carbocycles. The predicted octanol–water partition coefficient (Wildman–Crippen LogP) is 1.94. The molecule has 1 heterocycles. The van der Waals surface area contributed by atoms with Gasteiger partial charge in [-0.15, -0.1) is 0 Å². The Morgan fingerprint density at radius 3 is 2.21 bits per heavy atom. The van der Waals surface area contributed by atoms with Crippen molar-refractivity contribution in [2.45, 2.75) is 65.5 Å². The SMILES string of the molecule is CCC1(CC)NC(=O)C(C)N(CC2CC2(C)C)C1=O. The second-order valence-electron chi connectivity index (χ2n) is 6.80. The standard InChI is InChI=1S/C15H26N2O2/c1-6-15(7-2)13(19)17(10(3)12(18)16-15)9-11-8-14(11,4)5/h10-11H,6-9H2,1-5H3,(H,16,18). The maximum atomic E-state index is 12.8. The highest BCUT2D eigenvalue weighted by molar-refractivity contribution is 5.99. The zero-order chi connectivity index (χ0) is 14.4. The monoisotopic (exact) mass is 266 g/mol. The molecule has 0 aromatic rings. The molecular weight excluding hydrogens is 240 g/mol. The molecule has 2 aliphatic rings. The van der Waals surface area contributed by atoms with Crippen molar-refractivity contribution in [1.29, 1.82) is 0 Å². The third-order valence-corrected chi connectivity index (χ3v) is 5.22. The van der Waals surface area contributed by atoms with Crippen molar-refractivity contribution in [3.8, 4) is 0 Å². The lowest BCUT2D eigenvalue weighted by Crippen LogP contribution is -2.69. The van der Waals surface area contributed by atoms with Crippen molar-refractivity contribution in [2.75, 3.05) is 6.54 Å². The van der Waals surface area contributed by atoms with Gasteiger partial charge in [-0.2, -0.15) is 0 Å². The van der Waals surface area contributed by atoms with E-state index in [0.29, 0.717) is 24.2 Å². The van der Waals surface area contributed by atoms with Gasteiger partial charge in [0.1, 0.15) is 11.6 Å². The molecule has 19 heavy (non-hydrogen) atoms. The van der Waals surface area contributed by atoms with Crippen LogP contribution >= 0.6 is 0 Å². The summed E-state index contributed by atoms with van der Waals surface area (Å²) in [5.41, 5.74) is -0.350. The molecule has 2 fully saturated rings. The molecule has 0 aromatic carbocycles. The number of hydrogen-bond donors (Lipinski definition) is 1. The van der Waals surface area contributed by atoms with Crippen LogP contribution in [0.15, 0.2) is 0 Å². The Kier molecular flexibility index (Phi) is 3.40. The largest absolute Gasteiger partial charge is 0.340 e. The van der Waals surface area contributed by atoms with Crippen LogP contribution in [-0.2, 0) is 9.59 Å². The maximum absolute atomic E-state index is 12.8. The predicted molar refractivity (Wildman–Crippen MR) is 74.5 cm³/mol. The number of nitrogens with zero attached hydrogens (tertiary/aromatic N) is 1. The summed E-state index contributed by atoms with van der Waals surface area (Å²) in [5, 5.41) is 2.94. The van der Waals surface area contributed by atoms with Gasteiger partial charge in [-0.25, -0.2) is 0 Å². The van der Waals surface area contributed by atoms with E-state index in [1.54, 1.807) is 0 Å². The quantitative estimate of drug-likeness (QED) is 0.845. The lowest BCUT2D eigenvalue weighted by atomic mass is 9.87. The maximum Gasteiger partial charge on any atom is 0.248 e. The lowest BCUT2D eigenvalue weighted by molar-refractivity contribution is -0.155. The molecule has 0 spiro atoms. The summed E-state index contributed by atoms with van der Waals surface area (Å²) in [5.74, 6) is 0.630. The molecule has 0 aromatic heterocycles. The Morgan fingerprint density at radius 1 is 1.26 bits per heavy atom. The van der Waals surface area contributed by atoms with E-state index in [-0.39, 0.29) is 17.9 Å². The number of amides is 2. The zero-order valence-corrected chi connectivity index (χ0v) is 12.7. The molecule has 1 aliphatic heterocycles. The van der Waals surface area contributed by atoms with E-state index in [4.69, 9.17) is 0 Å². The summed E-state index contributed by atoms with van der Waals surface area (Å²) in [7, 11) is 0. The summed E-state index contributed by atoms with van der Waals surface area (Å²) in [6.07, 6.45) is 2.47. The lowest BCUT2D eigenvalue weighted by Gasteiger charge is -2.44. The number of rotatable bonds is 4. The third-order valence-electron chi connectivity index (χ3n) is 5.22. The van der Waals surface area contributed by atoms with Gasteiger partial charge in [-0.3, -0.25) is 9.59 Å². The minimum Gasteiger partial charge on any atom is -0.340 e. The molecule has 0 radical (unpaired) electrons. The van der Waals surface area contributed by atoms with Crippen molar-refractivity contribution in [3.05, 3.63) is 0 Å². The van der Waals surface area contributed by atoms with Gasteiger partial charge in [0.25, 0.3) is 0 Å². The molecule has 2 amide bonds. The molecule has 4 heteroatoms. The number of nitrogens with one attached hydrogen (secondary N) is 1. The first-order valence-corrected chi connectivity index (χ1v) is 7.40. The topological polar surface area (TPSA) is 49.4 Å². The molecule has 2 atom stereocenters. The van der Waals surface area contributed by atoms with E-state index in [0.717, 1.165) is 13.0 Å². The second kappa shape index (κ2) is 4.50. The van der Waals surface area contributed by atoms with Gasteiger partial charge in [0.05, 0.1) is 0 Å². The minimum absolute atomic E-state index is 0.0123. The van der Waals surface area contributed by atoms with Gasteiger partial charge in [0.2, 0.25) is 11.8 Å². The van der Waals surface area contributed by atoms with E-state index in [1.165, 1.54) is 0 Å². The minimum atomic E-state index is -0.678. The van der Waals surface area contributed by atoms with Gasteiger partial charge in [-0.1, -0.05) is 27.7 Å². The van der Waals surface area contributed by atoms with Crippen LogP contribution in [0, 0.1) is 11.3 Å². The highest BCUT2D eigenvalue weighted by atomic mass is 16.2. The van der Waals surface area contributed by atoms with Crippen molar-refractivity contribution < 1.29 is 9.59 Å². The Morgan fingerprint density at radius 2 is 1.79 bits per heavy atom. The van der Waals surface area contributed by atoms with Crippen LogP contribution in [0.1, 0.15) is 53.9 Å². The molecule has 1 saturated heterocycles. The molecule has 1 N–H and O–H groups in total. The van der Waals surface area contributed by atoms with Gasteiger partial charge in [0, 0.05) is 6.54 Å². The van der Waals surface area contributed by atoms with E-state index in [9.17, 15) is 9.59 Å². The number of carbonyl (C=O) groups is 2. The Hall–Kier alpha value is -1.06. The Balaban J connectivity index is 2.19. The van der Waals surface area contributed by atoms with Crippen LogP contribution in [-0.4, -0.2) is 34.8 Å². The zero-order valence-electron chi connectivity index (χ0n) is 12.7. The van der Waals surface area contributed by atoms with Crippen molar-refractivity contribution >= 4 is 11.8 Å². The number of carbonyl (C=O) groups excluding carboxylic acids is 2. The van der Waals surface area contributed by atoms with Crippen molar-refractivity contribution in [3.63, 3.8) is 0 Å². The van der Waals surface area contributed by atoms with Crippen molar-refractivity contribution in [2.24, 2.45) is 11.3 Å². The summed E-state index contributed by atoms with van der Waals surface area (Å²) < 4.78 is 0. The second-order valence-corrected chi connectivity index (χ2v) is 6.80. The Labute approximate surface area is 115 Å². The van der Waals surface area contributed by atoms with Gasteiger partial charge in [-0.05, 0) is 37.5 Å². The Bertz CT molecular complexity index is 399. The fraction of sp³-hybridized carbons (Fsp3) is 0.867. The van der Waals surface area contributed by atoms with E-state index in [2.05, 4.69) is 19.2 Å². The van der Waals surface area contributed by atoms with Crippen LogP contribution in [0.5, 0.6) is 0 Å². The highest BCUT2D eigenvalue weighted by Crippen LogP contribution is 2.52. The summed E-state index contributed by atoms with van der Waals surface area (Å²) in [6, 6.07) is -0.338. The summed E-state index contributed by atoms with van der Waals surface area (Å²) >= 11 is 0. The van der Waals surface area contributed by atoms with E-state index >= 15 is 0 Å². The van der Waals surface area contributed by atoms with Crippen LogP contribution < -0.4 is 5.32 Å². The first kappa shape index (κ1) is 14.4. The van der Waals surface area contributed by atoms with E-state index < -0.39 is 5.54 Å². The number of hydrogen-bond acceptors (Lipinski definition) is 2. The molecule has 4 nitrogen and oxygen atoms in total. The summed E-state index contributed by atoms with van der Waals surface area (Å²) in [6.45, 7) is 10.9. The summed E-state index contributed by atoms with van der Waals surface area (Å²) in [4.78, 5) is 26.7. The average molecular weight is 266 g/mol. The van der Waals surface area contributed by atoms with Crippen LogP contribution in [0.25, 0.3) is 0 Å². The highest BCUT2D eigenvalue weighted by Gasteiger charge is 2.52. The fourth-order valence-corrected chi connectivity index (χ4v) is 3.08. The fourth-order valence-electron chi connectivity index (χ4n) is 3.08. The smallest absolute Gasteiger partial charge is 0.248 e. The third kappa shape index (κ3) is 2.26. The van der Waals surface area contributed by atoms with Crippen LogP contribution in [0.4, 0.5) is 0 Å². The van der Waals surface area contributed by atoms with Crippen molar-refractivity contribution in [1.82, 2.24) is 10.2 Å². The first-order chi connectivity index (χ1) is 8.77. The van der Waals surface area contributed by atoms with Gasteiger partial charge in [0.15, 0.2) is 0 Å². The normalized spacial score (nSPS) is 32.2. The molecular formula is C15H26N2O2. The molecule has 0 bridgehead atoms. The molecule has 2 unspecified atom stereocenters. The van der Waals surface area contributed by atoms with Crippen LogP contribution in [0.3, 0.4) is 0 Å². The molecule has 2 rings (SSSR count). The molecule has 108 valence electrons. The first-order valence-electron chi connectivity index (χ1n) is 7.40. The average Bonchev–Trinajstić information content (AvgIpc) is 2.97.